The number of aromatic nitrogens is 4. The number of rotatable bonds is 6. The van der Waals surface area contributed by atoms with Crippen LogP contribution >= 0.6 is 0 Å². The van der Waals surface area contributed by atoms with E-state index < -0.39 is 0 Å². The van der Waals surface area contributed by atoms with Crippen LogP contribution in [0.4, 0.5) is 5.82 Å². The number of carbonyl (C=O) groups is 1. The highest BCUT2D eigenvalue weighted by molar-refractivity contribution is 5.75. The molecule has 2 aromatic heterocycles. The molecule has 1 amide bonds. The Balaban J connectivity index is 1.24. The minimum atomic E-state index is 0.0448. The summed E-state index contributed by atoms with van der Waals surface area (Å²) in [6.45, 7) is 4.89. The molecule has 7 nitrogen and oxygen atoms in total. The van der Waals surface area contributed by atoms with Crippen molar-refractivity contribution in [2.45, 2.75) is 26.3 Å². The van der Waals surface area contributed by atoms with E-state index in [-0.39, 0.29) is 5.91 Å². The Morgan fingerprint density at radius 1 is 1.25 bits per heavy atom. The highest BCUT2D eigenvalue weighted by Gasteiger charge is 2.21. The molecule has 0 unspecified atom stereocenters. The van der Waals surface area contributed by atoms with E-state index in [0.29, 0.717) is 12.5 Å². The fraction of sp³-hybridized carbons (Fsp3) is 0.381. The van der Waals surface area contributed by atoms with Crippen molar-refractivity contribution >= 4 is 11.7 Å². The number of carbonyl (C=O) groups excluding carboxylic acids is 1. The van der Waals surface area contributed by atoms with Gasteiger partial charge in [-0.3, -0.25) is 9.89 Å². The molecule has 1 aromatic carbocycles. The first-order valence-electron chi connectivity index (χ1n) is 9.79. The van der Waals surface area contributed by atoms with E-state index in [1.54, 1.807) is 6.20 Å². The number of aryl methyl sites for hydroxylation is 1. The smallest absolute Gasteiger partial charge is 0.239 e. The van der Waals surface area contributed by atoms with E-state index >= 15 is 0 Å². The van der Waals surface area contributed by atoms with Gasteiger partial charge in [0.2, 0.25) is 5.91 Å². The number of H-pyrrole nitrogens is 1. The van der Waals surface area contributed by atoms with Crippen LogP contribution in [0.1, 0.15) is 18.7 Å². The zero-order valence-electron chi connectivity index (χ0n) is 16.1. The number of hydrogen-bond acceptors (Lipinski definition) is 4. The van der Waals surface area contributed by atoms with Crippen molar-refractivity contribution in [3.8, 4) is 11.3 Å². The lowest BCUT2D eigenvalue weighted by Gasteiger charge is -2.32. The quantitative estimate of drug-likeness (QED) is 0.691. The fourth-order valence-corrected chi connectivity index (χ4v) is 3.64. The molecule has 7 heteroatoms. The van der Waals surface area contributed by atoms with Gasteiger partial charge in [0.15, 0.2) is 5.82 Å². The Morgan fingerprint density at radius 3 is 2.75 bits per heavy atom. The molecule has 2 N–H and O–H groups in total. The van der Waals surface area contributed by atoms with Crippen LogP contribution in [0.3, 0.4) is 0 Å². The van der Waals surface area contributed by atoms with Crippen LogP contribution < -0.4 is 10.2 Å². The highest BCUT2D eigenvalue weighted by atomic mass is 16.1. The molecule has 1 aliphatic rings. The van der Waals surface area contributed by atoms with Gasteiger partial charge in [0.05, 0.1) is 5.69 Å². The summed E-state index contributed by atoms with van der Waals surface area (Å²) in [5, 5.41) is 10.7. The molecule has 4 rings (SSSR count). The molecule has 3 aromatic rings. The number of aromatic amines is 1. The van der Waals surface area contributed by atoms with Crippen molar-refractivity contribution in [1.29, 1.82) is 0 Å². The first-order valence-corrected chi connectivity index (χ1v) is 9.79. The van der Waals surface area contributed by atoms with Crippen LogP contribution in [-0.2, 0) is 11.3 Å². The number of hydrogen-bond donors (Lipinski definition) is 2. The molecule has 28 heavy (non-hydrogen) atoms. The Bertz CT molecular complexity index is 908. The number of anilines is 1. The number of imidazole rings is 1. The molecular weight excluding hydrogens is 352 g/mol. The summed E-state index contributed by atoms with van der Waals surface area (Å²) >= 11 is 0. The van der Waals surface area contributed by atoms with Gasteiger partial charge in [0, 0.05) is 38.1 Å². The third-order valence-corrected chi connectivity index (χ3v) is 5.41. The summed E-state index contributed by atoms with van der Waals surface area (Å²) in [5.41, 5.74) is 2.19. The third kappa shape index (κ3) is 4.24. The van der Waals surface area contributed by atoms with Crippen LogP contribution in [-0.4, -0.2) is 45.3 Å². The molecule has 0 aliphatic carbocycles. The topological polar surface area (TPSA) is 78.8 Å². The molecule has 1 saturated heterocycles. The zero-order valence-corrected chi connectivity index (χ0v) is 16.1. The van der Waals surface area contributed by atoms with Gasteiger partial charge in [-0.25, -0.2) is 4.98 Å². The predicted octanol–water partition coefficient (Wildman–Crippen LogP) is 2.61. The van der Waals surface area contributed by atoms with Gasteiger partial charge in [-0.15, -0.1) is 0 Å². The fourth-order valence-electron chi connectivity index (χ4n) is 3.64. The average Bonchev–Trinajstić information content (AvgIpc) is 3.37. The Labute approximate surface area is 164 Å². The largest absolute Gasteiger partial charge is 0.355 e. The maximum absolute atomic E-state index is 12.1. The SMILES string of the molecule is Cc1nccn1CC(=O)NCC1CCN(c2cc(-c3ccccc3)[nH]n2)CC1. The monoisotopic (exact) mass is 378 g/mol. The molecule has 0 saturated carbocycles. The second-order valence-electron chi connectivity index (χ2n) is 7.34. The maximum Gasteiger partial charge on any atom is 0.239 e. The second kappa shape index (κ2) is 8.29. The summed E-state index contributed by atoms with van der Waals surface area (Å²) in [6, 6.07) is 12.4. The predicted molar refractivity (Wildman–Crippen MR) is 109 cm³/mol. The van der Waals surface area contributed by atoms with E-state index in [2.05, 4.69) is 43.6 Å². The molecule has 0 bridgehead atoms. The second-order valence-corrected chi connectivity index (χ2v) is 7.34. The van der Waals surface area contributed by atoms with Crippen LogP contribution in [0, 0.1) is 12.8 Å². The van der Waals surface area contributed by atoms with Gasteiger partial charge in [0.1, 0.15) is 12.4 Å². The molecule has 1 fully saturated rings. The molecular formula is C21H26N6O. The van der Waals surface area contributed by atoms with Gasteiger partial charge in [-0.1, -0.05) is 30.3 Å². The first-order chi connectivity index (χ1) is 13.7. The molecule has 3 heterocycles. The standard InChI is InChI=1S/C21H26N6O/c1-16-22-9-12-27(16)15-21(28)23-14-17-7-10-26(11-8-17)20-13-19(24-25-20)18-5-3-2-4-6-18/h2-6,9,12-13,17H,7-8,10-11,14-15H2,1H3,(H,23,28)(H,24,25). The number of benzene rings is 1. The summed E-state index contributed by atoms with van der Waals surface area (Å²) in [6.07, 6.45) is 5.66. The maximum atomic E-state index is 12.1. The van der Waals surface area contributed by atoms with E-state index in [0.717, 1.165) is 55.4 Å². The normalized spacial score (nSPS) is 15.0. The Hall–Kier alpha value is -3.09. The van der Waals surface area contributed by atoms with Crippen molar-refractivity contribution in [2.75, 3.05) is 24.5 Å². The lowest BCUT2D eigenvalue weighted by Crippen LogP contribution is -2.39. The van der Waals surface area contributed by atoms with Crippen molar-refractivity contribution < 1.29 is 4.79 Å². The van der Waals surface area contributed by atoms with Crippen molar-refractivity contribution in [2.24, 2.45) is 5.92 Å². The van der Waals surface area contributed by atoms with Crippen LogP contribution in [0.2, 0.25) is 0 Å². The summed E-state index contributed by atoms with van der Waals surface area (Å²) in [5.74, 6) is 2.41. The van der Waals surface area contributed by atoms with Crippen molar-refractivity contribution in [1.82, 2.24) is 25.1 Å². The van der Waals surface area contributed by atoms with E-state index in [9.17, 15) is 4.79 Å². The van der Waals surface area contributed by atoms with Gasteiger partial charge in [-0.2, -0.15) is 5.10 Å². The van der Waals surface area contributed by atoms with Crippen LogP contribution in [0.5, 0.6) is 0 Å². The van der Waals surface area contributed by atoms with Gasteiger partial charge >= 0.3 is 0 Å². The minimum absolute atomic E-state index is 0.0448. The highest BCUT2D eigenvalue weighted by Crippen LogP contribution is 2.25. The molecule has 0 atom stereocenters. The zero-order chi connectivity index (χ0) is 19.3. The van der Waals surface area contributed by atoms with Gasteiger partial charge in [-0.05, 0) is 31.2 Å². The first kappa shape index (κ1) is 18.3. The average molecular weight is 378 g/mol. The third-order valence-electron chi connectivity index (χ3n) is 5.41. The molecule has 0 radical (unpaired) electrons. The number of piperidine rings is 1. The van der Waals surface area contributed by atoms with Crippen LogP contribution in [0.25, 0.3) is 11.3 Å². The van der Waals surface area contributed by atoms with Crippen molar-refractivity contribution in [3.05, 3.63) is 54.6 Å². The molecule has 146 valence electrons. The van der Waals surface area contributed by atoms with E-state index in [4.69, 9.17) is 0 Å². The Kier molecular flexibility index (Phi) is 5.41. The number of nitrogens with one attached hydrogen (secondary N) is 2. The lowest BCUT2D eigenvalue weighted by molar-refractivity contribution is -0.121. The summed E-state index contributed by atoms with van der Waals surface area (Å²) < 4.78 is 1.86. The van der Waals surface area contributed by atoms with Gasteiger partial charge in [0.25, 0.3) is 0 Å². The molecule has 1 aliphatic heterocycles. The van der Waals surface area contributed by atoms with Crippen LogP contribution in [0.15, 0.2) is 48.8 Å². The number of nitrogens with zero attached hydrogens (tertiary/aromatic N) is 4. The lowest BCUT2D eigenvalue weighted by atomic mass is 9.97. The summed E-state index contributed by atoms with van der Waals surface area (Å²) in [4.78, 5) is 18.6. The summed E-state index contributed by atoms with van der Waals surface area (Å²) in [7, 11) is 0. The van der Waals surface area contributed by atoms with E-state index in [1.165, 1.54) is 0 Å². The minimum Gasteiger partial charge on any atom is -0.355 e. The number of amides is 1. The van der Waals surface area contributed by atoms with Gasteiger partial charge < -0.3 is 14.8 Å². The molecule has 0 spiro atoms. The van der Waals surface area contributed by atoms with Crippen molar-refractivity contribution in [3.63, 3.8) is 0 Å². The Morgan fingerprint density at radius 2 is 2.04 bits per heavy atom. The van der Waals surface area contributed by atoms with E-state index in [1.807, 2.05) is 35.9 Å².